The first-order valence-electron chi connectivity index (χ1n) is 10.0. The van der Waals surface area contributed by atoms with Crippen LogP contribution in [0.15, 0.2) is 35.8 Å². The van der Waals surface area contributed by atoms with Crippen LogP contribution in [0.4, 0.5) is 29.5 Å². The summed E-state index contributed by atoms with van der Waals surface area (Å²) < 4.78 is 40.5. The Morgan fingerprint density at radius 2 is 2.00 bits per heavy atom. The maximum atomic E-state index is 13.2. The zero-order valence-corrected chi connectivity index (χ0v) is 17.7. The maximum Gasteiger partial charge on any atom is 0.433 e. The molecule has 1 saturated heterocycles. The van der Waals surface area contributed by atoms with E-state index in [1.54, 1.807) is 17.6 Å². The number of carbonyl (C=O) groups excluding carboxylic acids is 1. The Hall–Kier alpha value is -2.88. The van der Waals surface area contributed by atoms with Crippen LogP contribution < -0.4 is 15.5 Å². The molecule has 164 valence electrons. The van der Waals surface area contributed by atoms with Gasteiger partial charge in [-0.3, -0.25) is 0 Å². The lowest BCUT2D eigenvalue weighted by molar-refractivity contribution is -0.141. The second-order valence-corrected chi connectivity index (χ2v) is 8.52. The Morgan fingerprint density at radius 3 is 2.74 bits per heavy atom. The van der Waals surface area contributed by atoms with Crippen molar-refractivity contribution in [3.05, 3.63) is 47.1 Å². The van der Waals surface area contributed by atoms with E-state index in [-0.39, 0.29) is 12.4 Å². The first-order chi connectivity index (χ1) is 14.8. The number of amides is 2. The molecule has 6 nitrogen and oxygen atoms in total. The van der Waals surface area contributed by atoms with E-state index < -0.39 is 17.9 Å². The molecule has 0 aliphatic carbocycles. The quantitative estimate of drug-likeness (QED) is 0.570. The Kier molecular flexibility index (Phi) is 5.99. The molecule has 1 aromatic carbocycles. The number of halogens is 3. The average molecular weight is 450 g/mol. The van der Waals surface area contributed by atoms with Crippen molar-refractivity contribution in [3.8, 4) is 0 Å². The third kappa shape index (κ3) is 4.90. The minimum atomic E-state index is -4.52. The van der Waals surface area contributed by atoms with Crippen LogP contribution in [0.25, 0.3) is 10.2 Å². The molecule has 0 atom stereocenters. The van der Waals surface area contributed by atoms with Gasteiger partial charge in [0, 0.05) is 25.2 Å². The third-order valence-corrected chi connectivity index (χ3v) is 6.25. The molecule has 2 N–H and O–H groups in total. The highest BCUT2D eigenvalue weighted by Crippen LogP contribution is 2.32. The van der Waals surface area contributed by atoms with Crippen molar-refractivity contribution in [1.82, 2.24) is 15.3 Å². The van der Waals surface area contributed by atoms with Gasteiger partial charge in [-0.2, -0.15) is 13.2 Å². The number of rotatable bonds is 4. The molecule has 3 aromatic rings. The zero-order chi connectivity index (χ0) is 22.0. The van der Waals surface area contributed by atoms with E-state index in [0.717, 1.165) is 29.1 Å². The second-order valence-electron chi connectivity index (χ2n) is 7.66. The van der Waals surface area contributed by atoms with Crippen LogP contribution in [0.3, 0.4) is 0 Å². The van der Waals surface area contributed by atoms with Gasteiger partial charge < -0.3 is 15.5 Å². The number of pyridine rings is 1. The van der Waals surface area contributed by atoms with E-state index in [0.29, 0.717) is 30.3 Å². The summed E-state index contributed by atoms with van der Waals surface area (Å²) in [6.07, 6.45) is -2.73. The van der Waals surface area contributed by atoms with Crippen LogP contribution in [0.2, 0.25) is 0 Å². The lowest BCUT2D eigenvalue weighted by Crippen LogP contribution is -2.35. The molecule has 1 aliphatic heterocycles. The third-order valence-electron chi connectivity index (χ3n) is 5.37. The molecule has 0 spiro atoms. The van der Waals surface area contributed by atoms with E-state index in [1.165, 1.54) is 17.4 Å². The molecule has 3 heterocycles. The van der Waals surface area contributed by atoms with Crippen molar-refractivity contribution in [2.75, 3.05) is 23.3 Å². The number of thiazole rings is 1. The number of anilines is 2. The van der Waals surface area contributed by atoms with E-state index in [1.807, 2.05) is 11.0 Å². The predicted octanol–water partition coefficient (Wildman–Crippen LogP) is 5.27. The van der Waals surface area contributed by atoms with E-state index in [2.05, 4.69) is 27.5 Å². The summed E-state index contributed by atoms with van der Waals surface area (Å²) in [5.41, 5.74) is 2.75. The zero-order valence-electron chi connectivity index (χ0n) is 16.9. The normalized spacial score (nSPS) is 15.3. The number of aromatic nitrogens is 2. The summed E-state index contributed by atoms with van der Waals surface area (Å²) >= 11 is 1.42. The number of nitrogens with zero attached hydrogens (tertiary/aromatic N) is 3. The van der Waals surface area contributed by atoms with E-state index in [9.17, 15) is 18.0 Å². The fourth-order valence-corrected chi connectivity index (χ4v) is 4.35. The predicted molar refractivity (Wildman–Crippen MR) is 115 cm³/mol. The monoisotopic (exact) mass is 449 g/mol. The number of hydrogen-bond donors (Lipinski definition) is 2. The molecule has 2 amide bonds. The molecule has 0 radical (unpaired) electrons. The van der Waals surface area contributed by atoms with Crippen LogP contribution >= 0.6 is 11.3 Å². The van der Waals surface area contributed by atoms with Gasteiger partial charge in [0.2, 0.25) is 0 Å². The van der Waals surface area contributed by atoms with Gasteiger partial charge >= 0.3 is 12.2 Å². The lowest BCUT2D eigenvalue weighted by Gasteiger charge is -2.33. The number of alkyl halides is 3. The van der Waals surface area contributed by atoms with Crippen molar-refractivity contribution < 1.29 is 18.0 Å². The van der Waals surface area contributed by atoms with Crippen LogP contribution in [0.5, 0.6) is 0 Å². The van der Waals surface area contributed by atoms with Crippen LogP contribution in [-0.2, 0) is 12.7 Å². The molecule has 1 fully saturated rings. The highest BCUT2D eigenvalue weighted by atomic mass is 32.1. The number of nitrogens with one attached hydrogen (secondary N) is 2. The molecule has 1 aliphatic rings. The fraction of sp³-hybridized carbons (Fsp3) is 0.381. The first kappa shape index (κ1) is 21.4. The summed E-state index contributed by atoms with van der Waals surface area (Å²) in [6.45, 7) is 3.48. The lowest BCUT2D eigenvalue weighted by atomic mass is 9.99. The number of fused-ring (bicyclic) bond motifs is 1. The number of hydrogen-bond acceptors (Lipinski definition) is 5. The van der Waals surface area contributed by atoms with Crippen LogP contribution in [0, 0.1) is 5.92 Å². The van der Waals surface area contributed by atoms with E-state index >= 15 is 0 Å². The summed E-state index contributed by atoms with van der Waals surface area (Å²) in [5, 5.41) is 5.53. The Labute approximate surface area is 181 Å². The van der Waals surface area contributed by atoms with Gasteiger partial charge in [0.25, 0.3) is 0 Å². The summed E-state index contributed by atoms with van der Waals surface area (Å²) in [6, 6.07) is 7.34. The topological polar surface area (TPSA) is 70.2 Å². The van der Waals surface area contributed by atoms with Crippen molar-refractivity contribution >= 4 is 39.1 Å². The molecule has 31 heavy (non-hydrogen) atoms. The number of benzene rings is 1. The van der Waals surface area contributed by atoms with Gasteiger partial charge in [-0.15, -0.1) is 11.3 Å². The summed E-state index contributed by atoms with van der Waals surface area (Å²) in [4.78, 5) is 22.5. The van der Waals surface area contributed by atoms with Crippen molar-refractivity contribution in [2.24, 2.45) is 5.92 Å². The van der Waals surface area contributed by atoms with E-state index in [4.69, 9.17) is 0 Å². The summed E-state index contributed by atoms with van der Waals surface area (Å²) in [7, 11) is 0. The molecular formula is C21H22F3N5OS. The second kappa shape index (κ2) is 8.70. The first-order valence-corrected chi connectivity index (χ1v) is 10.9. The fourth-order valence-electron chi connectivity index (χ4n) is 3.59. The minimum absolute atomic E-state index is 0.0665. The molecule has 0 unspecified atom stereocenters. The SMILES string of the molecule is CC1CCN(c2nc(C(F)(F)F)ccc2CNC(=O)Nc2cccc3ncsc23)CC1. The Balaban J connectivity index is 1.50. The van der Waals surface area contributed by atoms with Gasteiger partial charge in [-0.1, -0.05) is 19.1 Å². The molecule has 2 aromatic heterocycles. The van der Waals surface area contributed by atoms with Gasteiger partial charge in [-0.25, -0.2) is 14.8 Å². The van der Waals surface area contributed by atoms with Crippen molar-refractivity contribution in [2.45, 2.75) is 32.5 Å². The highest BCUT2D eigenvalue weighted by molar-refractivity contribution is 7.17. The number of urea groups is 1. The maximum absolute atomic E-state index is 13.2. The number of piperidine rings is 1. The standard InChI is InChI=1S/C21H22F3N5OS/c1-13-7-9-29(10-8-13)19-14(5-6-17(28-19)21(22,23)24)11-25-20(30)27-16-4-2-3-15-18(16)31-12-26-15/h2-6,12-13H,7-11H2,1H3,(H2,25,27,30). The smallest absolute Gasteiger partial charge is 0.356 e. The van der Waals surface area contributed by atoms with Crippen LogP contribution in [-0.4, -0.2) is 29.1 Å². The Bertz CT molecular complexity index is 1080. The molecule has 10 heteroatoms. The van der Waals surface area contributed by atoms with Gasteiger partial charge in [0.1, 0.15) is 11.5 Å². The summed E-state index contributed by atoms with van der Waals surface area (Å²) in [5.74, 6) is 0.815. The van der Waals surface area contributed by atoms with Gasteiger partial charge in [0.15, 0.2) is 0 Å². The minimum Gasteiger partial charge on any atom is -0.356 e. The van der Waals surface area contributed by atoms with Gasteiger partial charge in [0.05, 0.1) is 21.4 Å². The molecule has 0 saturated carbocycles. The highest BCUT2D eigenvalue weighted by Gasteiger charge is 2.34. The van der Waals surface area contributed by atoms with Crippen molar-refractivity contribution in [1.29, 1.82) is 0 Å². The molecular weight excluding hydrogens is 427 g/mol. The molecule has 4 rings (SSSR count). The number of carbonyl (C=O) groups is 1. The van der Waals surface area contributed by atoms with Crippen molar-refractivity contribution in [3.63, 3.8) is 0 Å². The van der Waals surface area contributed by atoms with Crippen LogP contribution in [0.1, 0.15) is 31.0 Å². The molecule has 0 bridgehead atoms. The van der Waals surface area contributed by atoms with Gasteiger partial charge in [-0.05, 0) is 37.0 Å². The average Bonchev–Trinajstić information content (AvgIpc) is 3.22. The largest absolute Gasteiger partial charge is 0.433 e. The Morgan fingerprint density at radius 1 is 1.23 bits per heavy atom.